The zero-order valence-corrected chi connectivity index (χ0v) is 53.1. The minimum absolute atomic E-state index is 0.106. The molecule has 0 heterocycles. The third-order valence-corrected chi connectivity index (χ3v) is 13.4. The molecule has 6 heteroatoms. The molecule has 0 bridgehead atoms. The second-order valence-electron chi connectivity index (χ2n) is 21.3. The van der Waals surface area contributed by atoms with Crippen LogP contribution in [0.3, 0.4) is 0 Å². The molecule has 1 atom stereocenters. The number of esters is 3. The first kappa shape index (κ1) is 77.5. The molecule has 0 aromatic heterocycles. The van der Waals surface area contributed by atoms with Gasteiger partial charge in [0.15, 0.2) is 6.10 Å². The minimum atomic E-state index is -0.815. The van der Waals surface area contributed by atoms with E-state index in [4.69, 9.17) is 14.2 Å². The molecule has 0 saturated heterocycles. The highest BCUT2D eigenvalue weighted by Crippen LogP contribution is 2.14. The first-order chi connectivity index (χ1) is 41.0. The maximum Gasteiger partial charge on any atom is 0.306 e. The van der Waals surface area contributed by atoms with Gasteiger partial charge >= 0.3 is 17.9 Å². The van der Waals surface area contributed by atoms with Gasteiger partial charge in [0, 0.05) is 19.3 Å². The molecule has 0 spiro atoms. The Morgan fingerprint density at radius 3 is 0.783 bits per heavy atom. The fourth-order valence-corrected chi connectivity index (χ4v) is 8.51. The van der Waals surface area contributed by atoms with Crippen molar-refractivity contribution in [2.24, 2.45) is 0 Å². The lowest BCUT2D eigenvalue weighted by molar-refractivity contribution is -0.167. The van der Waals surface area contributed by atoms with E-state index in [1.807, 2.05) is 0 Å². The summed E-state index contributed by atoms with van der Waals surface area (Å²) in [6.07, 6.45) is 103. The van der Waals surface area contributed by atoms with Gasteiger partial charge in [0.05, 0.1) is 0 Å². The van der Waals surface area contributed by atoms with E-state index < -0.39 is 6.10 Å². The van der Waals surface area contributed by atoms with E-state index in [1.54, 1.807) is 0 Å². The highest BCUT2D eigenvalue weighted by Gasteiger charge is 2.19. The van der Waals surface area contributed by atoms with Gasteiger partial charge in [-0.1, -0.05) is 293 Å². The van der Waals surface area contributed by atoms with Gasteiger partial charge in [-0.2, -0.15) is 0 Å². The van der Waals surface area contributed by atoms with Gasteiger partial charge in [0.25, 0.3) is 0 Å². The quantitative estimate of drug-likeness (QED) is 0.0261. The summed E-state index contributed by atoms with van der Waals surface area (Å²) in [7, 11) is 0. The maximum atomic E-state index is 12.9. The van der Waals surface area contributed by atoms with Crippen molar-refractivity contribution in [1.29, 1.82) is 0 Å². The largest absolute Gasteiger partial charge is 0.462 e. The van der Waals surface area contributed by atoms with E-state index in [2.05, 4.69) is 203 Å². The summed E-state index contributed by atoms with van der Waals surface area (Å²) >= 11 is 0. The fraction of sp³-hybridized carbons (Fsp3) is 0.571. The van der Waals surface area contributed by atoms with E-state index in [-0.39, 0.29) is 37.5 Å². The van der Waals surface area contributed by atoms with E-state index in [0.717, 1.165) is 148 Å². The molecule has 0 aliphatic rings. The molecular weight excluding hydrogens is 1020 g/mol. The fourth-order valence-electron chi connectivity index (χ4n) is 8.51. The number of allylic oxidation sites excluding steroid dienone is 30. The van der Waals surface area contributed by atoms with Crippen molar-refractivity contribution in [1.82, 2.24) is 0 Å². The Hall–Kier alpha value is -5.49. The van der Waals surface area contributed by atoms with Crippen LogP contribution in [0.5, 0.6) is 0 Å². The lowest BCUT2D eigenvalue weighted by atomic mass is 10.1. The van der Waals surface area contributed by atoms with Gasteiger partial charge in [-0.3, -0.25) is 14.4 Å². The number of unbranched alkanes of at least 4 members (excludes halogenated alkanes) is 17. The third kappa shape index (κ3) is 67.2. The second-order valence-corrected chi connectivity index (χ2v) is 21.3. The monoisotopic (exact) mass is 1140 g/mol. The van der Waals surface area contributed by atoms with Crippen LogP contribution in [0.15, 0.2) is 182 Å². The third-order valence-electron chi connectivity index (χ3n) is 13.4. The lowest BCUT2D eigenvalue weighted by Gasteiger charge is -2.18. The van der Waals surface area contributed by atoms with Crippen molar-refractivity contribution < 1.29 is 28.6 Å². The predicted octanol–water partition coefficient (Wildman–Crippen LogP) is 23.2. The number of hydrogen-bond donors (Lipinski definition) is 0. The maximum absolute atomic E-state index is 12.9. The molecule has 0 rings (SSSR count). The highest BCUT2D eigenvalue weighted by molar-refractivity contribution is 5.71. The summed E-state index contributed by atoms with van der Waals surface area (Å²) in [5.41, 5.74) is 0. The summed E-state index contributed by atoms with van der Waals surface area (Å²) in [5, 5.41) is 0. The van der Waals surface area contributed by atoms with Gasteiger partial charge in [-0.15, -0.1) is 0 Å². The molecule has 6 nitrogen and oxygen atoms in total. The summed E-state index contributed by atoms with van der Waals surface area (Å²) in [5.74, 6) is -0.986. The van der Waals surface area contributed by atoms with E-state index in [0.29, 0.717) is 19.3 Å². The number of carbonyl (C=O) groups is 3. The molecule has 0 radical (unpaired) electrons. The predicted molar refractivity (Wildman–Crippen MR) is 361 cm³/mol. The van der Waals surface area contributed by atoms with Gasteiger partial charge in [0.2, 0.25) is 0 Å². The van der Waals surface area contributed by atoms with E-state index in [1.165, 1.54) is 70.6 Å². The van der Waals surface area contributed by atoms with Gasteiger partial charge < -0.3 is 14.2 Å². The van der Waals surface area contributed by atoms with Crippen LogP contribution >= 0.6 is 0 Å². The van der Waals surface area contributed by atoms with Crippen LogP contribution in [-0.4, -0.2) is 37.2 Å². The highest BCUT2D eigenvalue weighted by atomic mass is 16.6. The SMILES string of the molecule is CC/C=C\C/C=C\C/C=C\C/C=C\C/C=C\C/C=C\C/C=C\C/C=C\C/C=C\CCCC(=O)OCC(COC(=O)CCCCCCCCCCC)OC(=O)CCCCCCCCCC/C=C\C/C=C\C/C=C\C/C=C\C/C=C\C/C=C\CC. The zero-order valence-electron chi connectivity index (χ0n) is 53.1. The van der Waals surface area contributed by atoms with Crippen molar-refractivity contribution in [3.05, 3.63) is 182 Å². The zero-order chi connectivity index (χ0) is 59.9. The molecule has 0 saturated carbocycles. The van der Waals surface area contributed by atoms with Gasteiger partial charge in [-0.25, -0.2) is 0 Å². The first-order valence-corrected chi connectivity index (χ1v) is 33.3. The first-order valence-electron chi connectivity index (χ1n) is 33.3. The summed E-state index contributed by atoms with van der Waals surface area (Å²) < 4.78 is 16.8. The average molecular weight is 1140 g/mol. The molecule has 1 unspecified atom stereocenters. The van der Waals surface area contributed by atoms with Crippen LogP contribution in [0.1, 0.15) is 265 Å². The summed E-state index contributed by atoms with van der Waals surface area (Å²) in [6, 6.07) is 0. The van der Waals surface area contributed by atoms with E-state index in [9.17, 15) is 14.4 Å². The van der Waals surface area contributed by atoms with E-state index >= 15 is 0 Å². The molecule has 0 aromatic carbocycles. The van der Waals surface area contributed by atoms with Crippen LogP contribution < -0.4 is 0 Å². The number of ether oxygens (including phenoxy) is 3. The molecule has 0 aliphatic heterocycles. The molecule has 0 fully saturated rings. The number of carbonyl (C=O) groups excluding carboxylic acids is 3. The minimum Gasteiger partial charge on any atom is -0.462 e. The van der Waals surface area contributed by atoms with Gasteiger partial charge in [0.1, 0.15) is 13.2 Å². The Labute approximate surface area is 510 Å². The molecule has 0 aromatic rings. The average Bonchev–Trinajstić information content (AvgIpc) is 3.49. The Bertz CT molecular complexity index is 1940. The van der Waals surface area contributed by atoms with Gasteiger partial charge in [-0.05, 0) is 135 Å². The molecule has 83 heavy (non-hydrogen) atoms. The molecule has 0 N–H and O–H groups in total. The lowest BCUT2D eigenvalue weighted by Crippen LogP contribution is -2.30. The molecule has 0 aliphatic carbocycles. The Morgan fingerprint density at radius 2 is 0.482 bits per heavy atom. The van der Waals surface area contributed by atoms with Crippen LogP contribution in [0, 0.1) is 0 Å². The van der Waals surface area contributed by atoms with Crippen LogP contribution in [0.2, 0.25) is 0 Å². The van der Waals surface area contributed by atoms with Crippen LogP contribution in [-0.2, 0) is 28.6 Å². The van der Waals surface area contributed by atoms with Crippen molar-refractivity contribution in [3.8, 4) is 0 Å². The Morgan fingerprint density at radius 1 is 0.253 bits per heavy atom. The topological polar surface area (TPSA) is 78.9 Å². The normalized spacial score (nSPS) is 13.3. The molecular formula is C77H120O6. The number of hydrogen-bond acceptors (Lipinski definition) is 6. The van der Waals surface area contributed by atoms with Crippen molar-refractivity contribution in [2.75, 3.05) is 13.2 Å². The number of rotatable bonds is 58. The Balaban J connectivity index is 4.38. The van der Waals surface area contributed by atoms with Crippen molar-refractivity contribution >= 4 is 17.9 Å². The van der Waals surface area contributed by atoms with Crippen molar-refractivity contribution in [2.45, 2.75) is 271 Å². The standard InChI is InChI=1S/C77H120O6/c1-4-7-10-13-16-19-21-23-25-27-29-31-33-35-37-38-40-41-43-45-47-49-51-53-55-58-61-64-67-70-76(79)82-73-74(72-81-75(78)69-66-63-60-57-18-15-12-9-6-3)83-77(80)71-68-65-62-59-56-54-52-50-48-46-44-42-39-36-34-32-30-28-26-24-22-20-17-14-11-8-5-2/h7-8,10-11,16-17,19-20,23-26,29-32,35-37,39-41,44-47,51,53,58,61,74H,4-6,9,12-15,18,21-22,27-28,33-34,38,42-43,48-50,52,54-57,59-60,62-73H2,1-3H3/b10-7-,11-8-,19-16-,20-17-,25-23-,26-24-,31-29-,32-30-,37-35-,39-36-,41-40-,46-44-,47-45-,53-51-,61-58-. The van der Waals surface area contributed by atoms with Crippen LogP contribution in [0.25, 0.3) is 0 Å². The second kappa shape index (κ2) is 69.0. The van der Waals surface area contributed by atoms with Crippen LogP contribution in [0.4, 0.5) is 0 Å². The Kier molecular flexibility index (Phi) is 64.4. The molecule has 0 amide bonds. The van der Waals surface area contributed by atoms with Crippen molar-refractivity contribution in [3.63, 3.8) is 0 Å². The molecule has 464 valence electrons. The summed E-state index contributed by atoms with van der Waals surface area (Å²) in [4.78, 5) is 38.2. The summed E-state index contributed by atoms with van der Waals surface area (Å²) in [6.45, 7) is 6.33. The smallest absolute Gasteiger partial charge is 0.306 e.